The lowest BCUT2D eigenvalue weighted by atomic mass is 10.1. The fraction of sp³-hybridized carbons (Fsp3) is 0.417. The lowest BCUT2D eigenvalue weighted by molar-refractivity contribution is 0.112. The van der Waals surface area contributed by atoms with Gasteiger partial charge < -0.3 is 10.0 Å². The second kappa shape index (κ2) is 6.01. The third-order valence-electron chi connectivity index (χ3n) is 2.39. The Morgan fingerprint density at radius 1 is 1.50 bits per heavy atom. The minimum Gasteiger partial charge on any atom is -0.395 e. The van der Waals surface area contributed by atoms with E-state index in [0.717, 1.165) is 16.4 Å². The number of halogens is 1. The third kappa shape index (κ3) is 3.06. The molecule has 1 aromatic rings. The number of carbonyl (C=O) groups excluding carboxylic acids is 1. The quantitative estimate of drug-likeness (QED) is 0.845. The van der Waals surface area contributed by atoms with Gasteiger partial charge in [-0.2, -0.15) is 0 Å². The number of aldehydes is 1. The van der Waals surface area contributed by atoms with E-state index in [1.54, 1.807) is 6.07 Å². The molecule has 0 aromatic heterocycles. The number of rotatable bonds is 5. The van der Waals surface area contributed by atoms with E-state index in [0.29, 0.717) is 12.1 Å². The van der Waals surface area contributed by atoms with Crippen LogP contribution in [0.25, 0.3) is 0 Å². The van der Waals surface area contributed by atoms with E-state index in [-0.39, 0.29) is 12.6 Å². The molecule has 3 nitrogen and oxygen atoms in total. The average Bonchev–Trinajstić information content (AvgIpc) is 2.26. The summed E-state index contributed by atoms with van der Waals surface area (Å²) >= 11 is 3.34. The van der Waals surface area contributed by atoms with Crippen molar-refractivity contribution >= 4 is 27.9 Å². The van der Waals surface area contributed by atoms with E-state index >= 15 is 0 Å². The maximum absolute atomic E-state index is 11.0. The molecule has 0 spiro atoms. The zero-order valence-corrected chi connectivity index (χ0v) is 11.1. The maximum atomic E-state index is 11.0. The number of hydrogen-bond acceptors (Lipinski definition) is 3. The number of aliphatic hydroxyl groups is 1. The van der Waals surface area contributed by atoms with Crippen molar-refractivity contribution in [1.82, 2.24) is 0 Å². The molecule has 0 amide bonds. The smallest absolute Gasteiger partial charge is 0.152 e. The Morgan fingerprint density at radius 3 is 2.69 bits per heavy atom. The predicted molar refractivity (Wildman–Crippen MR) is 69.1 cm³/mol. The third-order valence-corrected chi connectivity index (χ3v) is 2.88. The van der Waals surface area contributed by atoms with Gasteiger partial charge >= 0.3 is 0 Å². The Bertz CT molecular complexity index is 366. The van der Waals surface area contributed by atoms with Crippen molar-refractivity contribution in [3.63, 3.8) is 0 Å². The predicted octanol–water partition coefficient (Wildman–Crippen LogP) is 2.47. The molecule has 1 aromatic carbocycles. The molecule has 16 heavy (non-hydrogen) atoms. The van der Waals surface area contributed by atoms with Crippen molar-refractivity contribution in [2.24, 2.45) is 0 Å². The van der Waals surface area contributed by atoms with Crippen LogP contribution in [0.1, 0.15) is 24.2 Å². The number of benzene rings is 1. The van der Waals surface area contributed by atoms with Gasteiger partial charge in [0, 0.05) is 28.3 Å². The average molecular weight is 286 g/mol. The second-order valence-electron chi connectivity index (χ2n) is 3.83. The summed E-state index contributed by atoms with van der Waals surface area (Å²) < 4.78 is 0.881. The van der Waals surface area contributed by atoms with Gasteiger partial charge in [0.1, 0.15) is 0 Å². The standard InChI is InChI=1S/C12H16BrNO2/c1-9(2)14(5-6-15)12-4-3-11(13)7-10(12)8-16/h3-4,7-9,15H,5-6H2,1-2H3. The topological polar surface area (TPSA) is 40.5 Å². The SMILES string of the molecule is CC(C)N(CCO)c1ccc(Br)cc1C=O. The molecular formula is C12H16BrNO2. The maximum Gasteiger partial charge on any atom is 0.152 e. The summed E-state index contributed by atoms with van der Waals surface area (Å²) in [5, 5.41) is 9.03. The van der Waals surface area contributed by atoms with Crippen molar-refractivity contribution in [3.05, 3.63) is 28.2 Å². The monoisotopic (exact) mass is 285 g/mol. The van der Waals surface area contributed by atoms with Crippen LogP contribution in [0.3, 0.4) is 0 Å². The second-order valence-corrected chi connectivity index (χ2v) is 4.75. The molecule has 0 aliphatic carbocycles. The van der Waals surface area contributed by atoms with E-state index in [1.165, 1.54) is 0 Å². The normalized spacial score (nSPS) is 10.6. The van der Waals surface area contributed by atoms with Gasteiger partial charge in [0.15, 0.2) is 6.29 Å². The summed E-state index contributed by atoms with van der Waals surface area (Å²) in [5.74, 6) is 0. The zero-order valence-electron chi connectivity index (χ0n) is 9.48. The summed E-state index contributed by atoms with van der Waals surface area (Å²) in [6.07, 6.45) is 0.840. The van der Waals surface area contributed by atoms with Gasteiger partial charge in [-0.15, -0.1) is 0 Å². The van der Waals surface area contributed by atoms with Crippen LogP contribution >= 0.6 is 15.9 Å². The molecule has 0 aliphatic rings. The van der Waals surface area contributed by atoms with Crippen molar-refractivity contribution in [2.45, 2.75) is 19.9 Å². The van der Waals surface area contributed by atoms with E-state index < -0.39 is 0 Å². The summed E-state index contributed by atoms with van der Waals surface area (Å²) in [6, 6.07) is 5.82. The first-order chi connectivity index (χ1) is 7.60. The van der Waals surface area contributed by atoms with Gasteiger partial charge in [-0.3, -0.25) is 4.79 Å². The number of aliphatic hydroxyl groups excluding tert-OH is 1. The van der Waals surface area contributed by atoms with Gasteiger partial charge in [0.05, 0.1) is 6.61 Å². The van der Waals surface area contributed by atoms with E-state index in [2.05, 4.69) is 15.9 Å². The highest BCUT2D eigenvalue weighted by molar-refractivity contribution is 9.10. The molecule has 0 heterocycles. The Balaban J connectivity index is 3.12. The first-order valence-corrected chi connectivity index (χ1v) is 6.01. The lowest BCUT2D eigenvalue weighted by Crippen LogP contribution is -2.34. The van der Waals surface area contributed by atoms with Crippen LogP contribution in [-0.4, -0.2) is 30.6 Å². The molecule has 1 rings (SSSR count). The largest absolute Gasteiger partial charge is 0.395 e. The highest BCUT2D eigenvalue weighted by atomic mass is 79.9. The molecule has 0 fully saturated rings. The molecule has 0 bridgehead atoms. The number of anilines is 1. The van der Waals surface area contributed by atoms with E-state index in [9.17, 15) is 4.79 Å². The number of carbonyl (C=O) groups is 1. The Kier molecular flexibility index (Phi) is 4.96. The Labute approximate surface area is 104 Å². The van der Waals surface area contributed by atoms with Gasteiger partial charge in [0.2, 0.25) is 0 Å². The van der Waals surface area contributed by atoms with Crippen molar-refractivity contribution in [1.29, 1.82) is 0 Å². The van der Waals surface area contributed by atoms with Crippen LogP contribution in [0.5, 0.6) is 0 Å². The Hall–Kier alpha value is -0.870. The van der Waals surface area contributed by atoms with Crippen LogP contribution < -0.4 is 4.90 Å². The molecule has 0 saturated heterocycles. The van der Waals surface area contributed by atoms with Crippen molar-refractivity contribution in [2.75, 3.05) is 18.1 Å². The first kappa shape index (κ1) is 13.2. The highest BCUT2D eigenvalue weighted by Crippen LogP contribution is 2.24. The van der Waals surface area contributed by atoms with Gasteiger partial charge in [-0.05, 0) is 32.0 Å². The van der Waals surface area contributed by atoms with Gasteiger partial charge in [0.25, 0.3) is 0 Å². The minimum absolute atomic E-state index is 0.0759. The van der Waals surface area contributed by atoms with Crippen LogP contribution in [0, 0.1) is 0 Å². The first-order valence-electron chi connectivity index (χ1n) is 5.22. The molecule has 0 aliphatic heterocycles. The summed E-state index contributed by atoms with van der Waals surface area (Å²) in [5.41, 5.74) is 1.50. The molecule has 88 valence electrons. The molecule has 0 radical (unpaired) electrons. The lowest BCUT2D eigenvalue weighted by Gasteiger charge is -2.29. The van der Waals surface area contributed by atoms with Crippen LogP contribution in [0.15, 0.2) is 22.7 Å². The molecule has 0 atom stereocenters. The summed E-state index contributed by atoms with van der Waals surface area (Å²) in [4.78, 5) is 13.0. The fourth-order valence-electron chi connectivity index (χ4n) is 1.65. The Morgan fingerprint density at radius 2 is 2.19 bits per heavy atom. The van der Waals surface area contributed by atoms with Crippen LogP contribution in [0.4, 0.5) is 5.69 Å². The minimum atomic E-state index is 0.0759. The van der Waals surface area contributed by atoms with E-state index in [4.69, 9.17) is 5.11 Å². The fourth-order valence-corrected chi connectivity index (χ4v) is 2.02. The summed E-state index contributed by atoms with van der Waals surface area (Å²) in [6.45, 7) is 4.67. The summed E-state index contributed by atoms with van der Waals surface area (Å²) in [7, 11) is 0. The number of nitrogens with zero attached hydrogens (tertiary/aromatic N) is 1. The highest BCUT2D eigenvalue weighted by Gasteiger charge is 2.13. The van der Waals surface area contributed by atoms with Gasteiger partial charge in [-0.25, -0.2) is 0 Å². The van der Waals surface area contributed by atoms with Crippen molar-refractivity contribution < 1.29 is 9.90 Å². The van der Waals surface area contributed by atoms with Crippen LogP contribution in [0.2, 0.25) is 0 Å². The molecule has 0 unspecified atom stereocenters. The molecule has 4 heteroatoms. The zero-order chi connectivity index (χ0) is 12.1. The van der Waals surface area contributed by atoms with Crippen LogP contribution in [-0.2, 0) is 0 Å². The van der Waals surface area contributed by atoms with Gasteiger partial charge in [-0.1, -0.05) is 15.9 Å². The molecule has 1 N–H and O–H groups in total. The molecule has 0 saturated carbocycles. The van der Waals surface area contributed by atoms with E-state index in [1.807, 2.05) is 30.9 Å². The molecular weight excluding hydrogens is 270 g/mol. The number of hydrogen-bond donors (Lipinski definition) is 1. The van der Waals surface area contributed by atoms with Crippen molar-refractivity contribution in [3.8, 4) is 0 Å².